The number of likely N-dealkylation sites (tertiary alicyclic amines) is 1. The van der Waals surface area contributed by atoms with Crippen molar-refractivity contribution in [1.82, 2.24) is 25.3 Å². The highest BCUT2D eigenvalue weighted by Gasteiger charge is 2.47. The van der Waals surface area contributed by atoms with Crippen molar-refractivity contribution < 1.29 is 28.6 Å². The van der Waals surface area contributed by atoms with Crippen molar-refractivity contribution in [3.63, 3.8) is 0 Å². The molecule has 11 nitrogen and oxygen atoms in total. The third-order valence-electron chi connectivity index (χ3n) is 6.32. The highest BCUT2D eigenvalue weighted by atomic mass is 16.6. The zero-order chi connectivity index (χ0) is 30.0. The van der Waals surface area contributed by atoms with Gasteiger partial charge in [0.15, 0.2) is 11.4 Å². The van der Waals surface area contributed by atoms with Gasteiger partial charge >= 0.3 is 6.09 Å². The van der Waals surface area contributed by atoms with Crippen molar-refractivity contribution in [3.05, 3.63) is 67.5 Å². The first-order valence-corrected chi connectivity index (χ1v) is 13.6. The number of carbonyl (C=O) groups is 3. The third-order valence-corrected chi connectivity index (χ3v) is 6.32. The van der Waals surface area contributed by atoms with E-state index in [1.807, 2.05) is 30.3 Å². The van der Waals surface area contributed by atoms with Gasteiger partial charge in [0.25, 0.3) is 5.91 Å². The van der Waals surface area contributed by atoms with E-state index in [2.05, 4.69) is 28.9 Å². The highest BCUT2D eigenvalue weighted by Crippen LogP contribution is 2.32. The molecule has 0 aliphatic carbocycles. The zero-order valence-electron chi connectivity index (χ0n) is 24.4. The normalized spacial score (nSPS) is 17.4. The van der Waals surface area contributed by atoms with E-state index >= 15 is 0 Å². The second kappa shape index (κ2) is 14.0. The van der Waals surface area contributed by atoms with Crippen molar-refractivity contribution >= 4 is 17.9 Å². The molecule has 1 fully saturated rings. The number of hydrogen-bond donors (Lipinski definition) is 2. The second-order valence-corrected chi connectivity index (χ2v) is 11.0. The number of para-hydroxylation sites is 1. The van der Waals surface area contributed by atoms with Crippen LogP contribution in [-0.2, 0) is 14.3 Å². The summed E-state index contributed by atoms with van der Waals surface area (Å²) in [5.74, 6) is -0.395. The SMILES string of the molecule is C=CCOCC1(C(=O)N[C@H](C)CNC(=O)c2nn(-c3ccccc3)cc2OCC=C)CCN(C(=O)OC(C)(C)C)C1. The molecular weight excluding hydrogens is 526 g/mol. The van der Waals surface area contributed by atoms with E-state index in [9.17, 15) is 14.4 Å². The minimum absolute atomic E-state index is 0.115. The van der Waals surface area contributed by atoms with Gasteiger partial charge in [0, 0.05) is 25.7 Å². The van der Waals surface area contributed by atoms with Gasteiger partial charge in [-0.3, -0.25) is 9.59 Å². The van der Waals surface area contributed by atoms with E-state index in [1.165, 1.54) is 4.90 Å². The lowest BCUT2D eigenvalue weighted by Crippen LogP contribution is -2.51. The summed E-state index contributed by atoms with van der Waals surface area (Å²) in [6.07, 6.45) is 4.77. The van der Waals surface area contributed by atoms with Crippen LogP contribution >= 0.6 is 0 Å². The molecule has 1 unspecified atom stereocenters. The minimum atomic E-state index is -0.960. The molecule has 0 spiro atoms. The number of nitrogens with zero attached hydrogens (tertiary/aromatic N) is 3. The molecule has 222 valence electrons. The van der Waals surface area contributed by atoms with E-state index in [-0.39, 0.29) is 44.5 Å². The third kappa shape index (κ3) is 8.68. The Labute approximate surface area is 241 Å². The highest BCUT2D eigenvalue weighted by molar-refractivity contribution is 5.95. The lowest BCUT2D eigenvalue weighted by Gasteiger charge is -2.30. The summed E-state index contributed by atoms with van der Waals surface area (Å²) in [6.45, 7) is 15.8. The van der Waals surface area contributed by atoms with Crippen LogP contribution in [0.3, 0.4) is 0 Å². The largest absolute Gasteiger partial charge is 0.485 e. The van der Waals surface area contributed by atoms with E-state index in [4.69, 9.17) is 14.2 Å². The van der Waals surface area contributed by atoms with Crippen LogP contribution in [0.15, 0.2) is 61.8 Å². The summed E-state index contributed by atoms with van der Waals surface area (Å²) in [5.41, 5.74) is -0.716. The van der Waals surface area contributed by atoms with E-state index in [0.29, 0.717) is 18.7 Å². The molecule has 1 aliphatic rings. The monoisotopic (exact) mass is 567 g/mol. The summed E-state index contributed by atoms with van der Waals surface area (Å²) in [5, 5.41) is 10.2. The van der Waals surface area contributed by atoms with Gasteiger partial charge in [0.05, 0.1) is 30.5 Å². The van der Waals surface area contributed by atoms with Crippen molar-refractivity contribution in [2.24, 2.45) is 5.41 Å². The summed E-state index contributed by atoms with van der Waals surface area (Å²) < 4.78 is 18.4. The predicted octanol–water partition coefficient (Wildman–Crippen LogP) is 3.50. The van der Waals surface area contributed by atoms with Crippen LogP contribution < -0.4 is 15.4 Å². The van der Waals surface area contributed by atoms with E-state index in [1.54, 1.807) is 50.7 Å². The molecule has 0 radical (unpaired) electrons. The van der Waals surface area contributed by atoms with Gasteiger partial charge in [-0.15, -0.1) is 6.58 Å². The van der Waals surface area contributed by atoms with Crippen LogP contribution in [0.2, 0.25) is 0 Å². The Kier molecular flexibility index (Phi) is 10.7. The number of amides is 3. The molecule has 0 saturated carbocycles. The van der Waals surface area contributed by atoms with Crippen LogP contribution in [0.25, 0.3) is 5.69 Å². The smallest absolute Gasteiger partial charge is 0.410 e. The first-order chi connectivity index (χ1) is 19.5. The Hall–Kier alpha value is -4.12. The fourth-order valence-electron chi connectivity index (χ4n) is 4.30. The lowest BCUT2D eigenvalue weighted by molar-refractivity contribution is -0.134. The van der Waals surface area contributed by atoms with Crippen LogP contribution in [0.4, 0.5) is 4.79 Å². The molecule has 3 rings (SSSR count). The van der Waals surface area contributed by atoms with Crippen molar-refractivity contribution in [2.45, 2.75) is 45.8 Å². The Morgan fingerprint density at radius 3 is 2.51 bits per heavy atom. The maximum Gasteiger partial charge on any atom is 0.410 e. The molecule has 1 aliphatic heterocycles. The van der Waals surface area contributed by atoms with Gasteiger partial charge in [-0.2, -0.15) is 5.10 Å². The van der Waals surface area contributed by atoms with Gasteiger partial charge in [-0.25, -0.2) is 9.48 Å². The first kappa shape index (κ1) is 31.4. The summed E-state index contributed by atoms with van der Waals surface area (Å²) in [6, 6.07) is 8.94. The van der Waals surface area contributed by atoms with Crippen LogP contribution in [0, 0.1) is 5.41 Å². The first-order valence-electron chi connectivity index (χ1n) is 13.6. The molecular formula is C30H41N5O6. The molecule has 3 amide bonds. The number of benzene rings is 1. The molecule has 11 heteroatoms. The summed E-state index contributed by atoms with van der Waals surface area (Å²) in [7, 11) is 0. The molecule has 2 aromatic rings. The summed E-state index contributed by atoms with van der Waals surface area (Å²) in [4.78, 5) is 40.8. The minimum Gasteiger partial charge on any atom is -0.485 e. The molecule has 41 heavy (non-hydrogen) atoms. The number of hydrogen-bond acceptors (Lipinski definition) is 7. The van der Waals surface area contributed by atoms with Crippen LogP contribution in [0.1, 0.15) is 44.6 Å². The Morgan fingerprint density at radius 2 is 1.85 bits per heavy atom. The molecule has 2 N–H and O–H groups in total. The maximum atomic E-state index is 13.5. The molecule has 2 heterocycles. The van der Waals surface area contributed by atoms with Gasteiger partial charge in [0.2, 0.25) is 5.91 Å². The average Bonchev–Trinajstić information content (AvgIpc) is 3.56. The van der Waals surface area contributed by atoms with Crippen LogP contribution in [-0.4, -0.2) is 83.7 Å². The molecule has 2 atom stereocenters. The Bertz CT molecular complexity index is 1220. The van der Waals surface area contributed by atoms with Crippen molar-refractivity contribution in [2.75, 3.05) is 39.5 Å². The number of carbonyl (C=O) groups excluding carboxylic acids is 3. The quantitative estimate of drug-likeness (QED) is 0.280. The van der Waals surface area contributed by atoms with E-state index < -0.39 is 29.1 Å². The van der Waals surface area contributed by atoms with Gasteiger partial charge in [-0.1, -0.05) is 36.9 Å². The standard InChI is InChI=1S/C30H41N5O6/c1-7-16-39-21-30(14-15-34(20-30)28(38)41-29(4,5)6)27(37)32-22(3)18-31-26(36)25-24(40-17-8-2)19-35(33-25)23-12-10-9-11-13-23/h7-13,19,22H,1-2,14-18,20-21H2,3-6H3,(H,31,36)(H,32,37)/t22-,30?/m1/s1. The number of nitrogens with one attached hydrogen (secondary N) is 2. The number of rotatable bonds is 13. The molecule has 1 saturated heterocycles. The Balaban J connectivity index is 1.65. The summed E-state index contributed by atoms with van der Waals surface area (Å²) >= 11 is 0. The topological polar surface area (TPSA) is 124 Å². The predicted molar refractivity (Wildman–Crippen MR) is 155 cm³/mol. The van der Waals surface area contributed by atoms with Gasteiger partial charge < -0.3 is 29.7 Å². The lowest BCUT2D eigenvalue weighted by atomic mass is 9.86. The molecule has 1 aromatic heterocycles. The van der Waals surface area contributed by atoms with E-state index in [0.717, 1.165) is 5.69 Å². The van der Waals surface area contributed by atoms with Crippen molar-refractivity contribution in [3.8, 4) is 11.4 Å². The van der Waals surface area contributed by atoms with Gasteiger partial charge in [-0.05, 0) is 46.2 Å². The fourth-order valence-corrected chi connectivity index (χ4v) is 4.30. The molecule has 1 aromatic carbocycles. The zero-order valence-corrected chi connectivity index (χ0v) is 24.4. The Morgan fingerprint density at radius 1 is 1.15 bits per heavy atom. The van der Waals surface area contributed by atoms with Crippen molar-refractivity contribution in [1.29, 1.82) is 0 Å². The van der Waals surface area contributed by atoms with Gasteiger partial charge in [0.1, 0.15) is 12.2 Å². The maximum absolute atomic E-state index is 13.5. The number of aromatic nitrogens is 2. The number of ether oxygens (including phenoxy) is 3. The fraction of sp³-hybridized carbons (Fsp3) is 0.467. The van der Waals surface area contributed by atoms with Crippen LogP contribution in [0.5, 0.6) is 5.75 Å². The molecule has 0 bridgehead atoms. The average molecular weight is 568 g/mol. The second-order valence-electron chi connectivity index (χ2n) is 11.0.